The third-order valence-electron chi connectivity index (χ3n) is 3.55. The lowest BCUT2D eigenvalue weighted by Crippen LogP contribution is -2.08. The van der Waals surface area contributed by atoms with Crippen LogP contribution in [0.2, 0.25) is 0 Å². The van der Waals surface area contributed by atoms with Crippen LogP contribution in [0.4, 0.5) is 5.82 Å². The molecule has 0 saturated heterocycles. The summed E-state index contributed by atoms with van der Waals surface area (Å²) in [6.45, 7) is 3.82. The fraction of sp³-hybridized carbons (Fsp3) is 0.176. The number of amides is 1. The van der Waals surface area contributed by atoms with Crippen molar-refractivity contribution in [2.45, 2.75) is 13.8 Å². The monoisotopic (exact) mass is 312 g/mol. The molecule has 2 aromatic heterocycles. The molecule has 0 fully saturated rings. The van der Waals surface area contributed by atoms with Crippen LogP contribution in [0.15, 0.2) is 45.7 Å². The number of aromatic nitrogens is 1. The van der Waals surface area contributed by atoms with Crippen molar-refractivity contribution in [1.82, 2.24) is 5.16 Å². The van der Waals surface area contributed by atoms with Crippen LogP contribution in [0.25, 0.3) is 16.5 Å². The summed E-state index contributed by atoms with van der Waals surface area (Å²) in [7, 11) is 1.59. The zero-order valence-corrected chi connectivity index (χ0v) is 13.0. The number of carbonyl (C=O) groups is 1. The SMILES string of the molecule is COc1cc2occ(C)c2cc1/C(C)=C/C(=O)Nc1ccon1. The van der Waals surface area contributed by atoms with Gasteiger partial charge in [-0.1, -0.05) is 5.16 Å². The van der Waals surface area contributed by atoms with Crippen molar-refractivity contribution < 1.29 is 18.5 Å². The molecule has 0 unspecified atom stereocenters. The van der Waals surface area contributed by atoms with Crippen molar-refractivity contribution in [3.63, 3.8) is 0 Å². The van der Waals surface area contributed by atoms with E-state index in [1.54, 1.807) is 19.4 Å². The Balaban J connectivity index is 1.95. The number of benzene rings is 1. The molecule has 6 nitrogen and oxygen atoms in total. The molecule has 0 saturated carbocycles. The average molecular weight is 312 g/mol. The summed E-state index contributed by atoms with van der Waals surface area (Å²) in [5.74, 6) is 0.726. The van der Waals surface area contributed by atoms with E-state index < -0.39 is 0 Å². The van der Waals surface area contributed by atoms with Gasteiger partial charge in [-0.15, -0.1) is 0 Å². The average Bonchev–Trinajstić information content (AvgIpc) is 3.16. The van der Waals surface area contributed by atoms with Gasteiger partial charge in [0.15, 0.2) is 5.82 Å². The zero-order valence-electron chi connectivity index (χ0n) is 13.0. The molecule has 0 aliphatic rings. The molecule has 23 heavy (non-hydrogen) atoms. The molecule has 6 heteroatoms. The number of hydrogen-bond acceptors (Lipinski definition) is 5. The molecule has 118 valence electrons. The van der Waals surface area contributed by atoms with Gasteiger partial charge in [0.25, 0.3) is 0 Å². The number of hydrogen-bond donors (Lipinski definition) is 1. The number of nitrogens with zero attached hydrogens (tertiary/aromatic N) is 1. The number of rotatable bonds is 4. The molecular formula is C17H16N2O4. The van der Waals surface area contributed by atoms with E-state index >= 15 is 0 Å². The largest absolute Gasteiger partial charge is 0.496 e. The maximum absolute atomic E-state index is 12.0. The molecule has 1 amide bonds. The molecule has 0 radical (unpaired) electrons. The number of aryl methyl sites for hydroxylation is 1. The number of fused-ring (bicyclic) bond motifs is 1. The summed E-state index contributed by atoms with van der Waals surface area (Å²) < 4.78 is 15.6. The molecule has 0 aliphatic heterocycles. The van der Waals surface area contributed by atoms with Gasteiger partial charge < -0.3 is 19.0 Å². The van der Waals surface area contributed by atoms with E-state index in [0.29, 0.717) is 11.6 Å². The number of anilines is 1. The van der Waals surface area contributed by atoms with Gasteiger partial charge in [0.1, 0.15) is 17.6 Å². The fourth-order valence-electron chi connectivity index (χ4n) is 2.37. The van der Waals surface area contributed by atoms with E-state index in [0.717, 1.165) is 27.7 Å². The van der Waals surface area contributed by atoms with Gasteiger partial charge >= 0.3 is 0 Å². The quantitative estimate of drug-likeness (QED) is 0.742. The van der Waals surface area contributed by atoms with Crippen molar-refractivity contribution in [2.24, 2.45) is 0 Å². The Morgan fingerprint density at radius 3 is 2.91 bits per heavy atom. The number of carbonyl (C=O) groups excluding carboxylic acids is 1. The zero-order chi connectivity index (χ0) is 16.4. The molecule has 0 aliphatic carbocycles. The Bertz CT molecular complexity index is 876. The number of methoxy groups -OCH3 is 1. The van der Waals surface area contributed by atoms with Gasteiger partial charge in [-0.3, -0.25) is 4.79 Å². The standard InChI is InChI=1S/C17H16N2O4/c1-10(6-17(20)18-16-4-5-23-19-16)12-7-13-11(2)9-22-15(13)8-14(12)21-3/h4-9H,1-3H3,(H,18,19,20)/b10-6+. The lowest BCUT2D eigenvalue weighted by Gasteiger charge is -2.09. The molecule has 0 atom stereocenters. The molecule has 3 rings (SSSR count). The van der Waals surface area contributed by atoms with Crippen LogP contribution in [-0.2, 0) is 4.79 Å². The molecule has 1 aromatic carbocycles. The van der Waals surface area contributed by atoms with Crippen LogP contribution < -0.4 is 10.1 Å². The predicted octanol–water partition coefficient (Wildman–Crippen LogP) is 3.78. The second-order valence-corrected chi connectivity index (χ2v) is 5.17. The number of nitrogens with one attached hydrogen (secondary N) is 1. The van der Waals surface area contributed by atoms with E-state index in [-0.39, 0.29) is 5.91 Å². The highest BCUT2D eigenvalue weighted by Gasteiger charge is 2.12. The highest BCUT2D eigenvalue weighted by Crippen LogP contribution is 2.33. The van der Waals surface area contributed by atoms with Gasteiger partial charge in [-0.05, 0) is 31.1 Å². The maximum Gasteiger partial charge on any atom is 0.249 e. The summed E-state index contributed by atoms with van der Waals surface area (Å²) in [5, 5.41) is 7.26. The van der Waals surface area contributed by atoms with Crippen molar-refractivity contribution in [2.75, 3.05) is 12.4 Å². The first kappa shape index (κ1) is 14.9. The number of ether oxygens (including phenoxy) is 1. The Labute approximate surface area is 132 Å². The smallest absolute Gasteiger partial charge is 0.249 e. The lowest BCUT2D eigenvalue weighted by atomic mass is 10.0. The van der Waals surface area contributed by atoms with Crippen LogP contribution in [0.1, 0.15) is 18.1 Å². The van der Waals surface area contributed by atoms with Crippen LogP contribution in [0, 0.1) is 6.92 Å². The normalized spacial score (nSPS) is 11.7. The van der Waals surface area contributed by atoms with E-state index in [9.17, 15) is 4.79 Å². The Kier molecular flexibility index (Phi) is 3.89. The summed E-state index contributed by atoms with van der Waals surface area (Å²) in [6.07, 6.45) is 4.59. The summed E-state index contributed by atoms with van der Waals surface area (Å²) in [6, 6.07) is 5.36. The topological polar surface area (TPSA) is 77.5 Å². The van der Waals surface area contributed by atoms with Gasteiger partial charge in [-0.2, -0.15) is 0 Å². The third kappa shape index (κ3) is 2.96. The Hall–Kier alpha value is -3.02. The van der Waals surface area contributed by atoms with Crippen molar-refractivity contribution in [3.05, 3.63) is 47.9 Å². The first-order valence-electron chi connectivity index (χ1n) is 7.04. The van der Waals surface area contributed by atoms with E-state index in [4.69, 9.17) is 9.15 Å². The van der Waals surface area contributed by atoms with Crippen molar-refractivity contribution >= 4 is 28.3 Å². The lowest BCUT2D eigenvalue weighted by molar-refractivity contribution is -0.111. The Morgan fingerprint density at radius 2 is 2.22 bits per heavy atom. The minimum atomic E-state index is -0.289. The van der Waals surface area contributed by atoms with E-state index in [1.165, 1.54) is 12.3 Å². The van der Waals surface area contributed by atoms with Crippen LogP contribution in [0.3, 0.4) is 0 Å². The third-order valence-corrected chi connectivity index (χ3v) is 3.55. The number of furan rings is 1. The van der Waals surface area contributed by atoms with Crippen LogP contribution in [-0.4, -0.2) is 18.2 Å². The second kappa shape index (κ2) is 6.00. The summed E-state index contributed by atoms with van der Waals surface area (Å²) in [5.41, 5.74) is 3.39. The van der Waals surface area contributed by atoms with Crippen molar-refractivity contribution in [3.8, 4) is 5.75 Å². The molecule has 0 spiro atoms. The first-order chi connectivity index (χ1) is 11.1. The van der Waals surface area contributed by atoms with Gasteiger partial charge in [-0.25, -0.2) is 0 Å². The summed E-state index contributed by atoms with van der Waals surface area (Å²) >= 11 is 0. The molecule has 1 N–H and O–H groups in total. The van der Waals surface area contributed by atoms with E-state index in [1.807, 2.05) is 26.0 Å². The summed E-state index contributed by atoms with van der Waals surface area (Å²) in [4.78, 5) is 12.0. The molecule has 0 bridgehead atoms. The van der Waals surface area contributed by atoms with Gasteiger partial charge in [0.2, 0.25) is 5.91 Å². The minimum Gasteiger partial charge on any atom is -0.496 e. The Morgan fingerprint density at radius 1 is 1.39 bits per heavy atom. The minimum absolute atomic E-state index is 0.289. The highest BCUT2D eigenvalue weighted by molar-refractivity contribution is 6.04. The fourth-order valence-corrected chi connectivity index (χ4v) is 2.37. The highest BCUT2D eigenvalue weighted by atomic mass is 16.5. The van der Waals surface area contributed by atoms with E-state index in [2.05, 4.69) is 15.0 Å². The molecule has 3 aromatic rings. The van der Waals surface area contributed by atoms with Crippen molar-refractivity contribution in [1.29, 1.82) is 0 Å². The van der Waals surface area contributed by atoms with Gasteiger partial charge in [0.05, 0.1) is 13.4 Å². The maximum atomic E-state index is 12.0. The first-order valence-corrected chi connectivity index (χ1v) is 7.04. The second-order valence-electron chi connectivity index (χ2n) is 5.17. The predicted molar refractivity (Wildman–Crippen MR) is 86.3 cm³/mol. The van der Waals surface area contributed by atoms with Gasteiger partial charge in [0, 0.05) is 29.2 Å². The molecule has 2 heterocycles. The number of allylic oxidation sites excluding steroid dienone is 1. The molecular weight excluding hydrogens is 296 g/mol. The van der Waals surface area contributed by atoms with Crippen LogP contribution in [0.5, 0.6) is 5.75 Å². The van der Waals surface area contributed by atoms with Crippen LogP contribution >= 0.6 is 0 Å².